The van der Waals surface area contributed by atoms with Crippen molar-refractivity contribution in [1.29, 1.82) is 0 Å². The van der Waals surface area contributed by atoms with Gasteiger partial charge in [-0.2, -0.15) is 5.10 Å². The van der Waals surface area contributed by atoms with Crippen LogP contribution in [0.2, 0.25) is 0 Å². The Hall–Kier alpha value is -2.56. The Morgan fingerprint density at radius 2 is 2.10 bits per heavy atom. The minimum Gasteiger partial charge on any atom is -0.351 e. The highest BCUT2D eigenvalue weighted by molar-refractivity contribution is 6.06. The lowest BCUT2D eigenvalue weighted by atomic mass is 10.1. The SMILES string of the molecule is Cc1cc(C)c2cc(C(=O)Nc3cnn(C)c3)[nH]c2c1. The Morgan fingerprint density at radius 1 is 1.30 bits per heavy atom. The standard InChI is InChI=1S/C15H16N4O/c1-9-4-10(2)12-6-14(18-13(12)5-9)15(20)17-11-7-16-19(3)8-11/h4-8,18H,1-3H3,(H,17,20). The number of carbonyl (C=O) groups is 1. The van der Waals surface area contributed by atoms with Crippen LogP contribution in [0.25, 0.3) is 10.9 Å². The number of H-pyrrole nitrogens is 1. The smallest absolute Gasteiger partial charge is 0.272 e. The molecule has 0 aliphatic carbocycles. The summed E-state index contributed by atoms with van der Waals surface area (Å²) >= 11 is 0. The molecule has 1 aromatic carbocycles. The van der Waals surface area contributed by atoms with Gasteiger partial charge in [0, 0.05) is 24.1 Å². The quantitative estimate of drug-likeness (QED) is 0.750. The third-order valence-corrected chi connectivity index (χ3v) is 3.30. The number of nitrogens with one attached hydrogen (secondary N) is 2. The van der Waals surface area contributed by atoms with Crippen LogP contribution in [-0.4, -0.2) is 20.7 Å². The summed E-state index contributed by atoms with van der Waals surface area (Å²) in [5.41, 5.74) is 4.56. The van der Waals surface area contributed by atoms with Gasteiger partial charge in [-0.3, -0.25) is 9.48 Å². The molecular formula is C15H16N4O. The molecule has 0 radical (unpaired) electrons. The van der Waals surface area contributed by atoms with Gasteiger partial charge in [-0.1, -0.05) is 6.07 Å². The Kier molecular flexibility index (Phi) is 2.82. The molecule has 0 aliphatic heterocycles. The third-order valence-electron chi connectivity index (χ3n) is 3.30. The molecule has 3 aromatic rings. The Bertz CT molecular complexity index is 797. The average molecular weight is 268 g/mol. The number of carbonyl (C=O) groups excluding carboxylic acids is 1. The van der Waals surface area contributed by atoms with Crippen molar-refractivity contribution in [3.63, 3.8) is 0 Å². The van der Waals surface area contributed by atoms with Crippen molar-refractivity contribution in [3.8, 4) is 0 Å². The van der Waals surface area contributed by atoms with Crippen LogP contribution in [-0.2, 0) is 7.05 Å². The molecular weight excluding hydrogens is 252 g/mol. The van der Waals surface area contributed by atoms with E-state index in [-0.39, 0.29) is 5.91 Å². The Labute approximate surface area is 116 Å². The monoisotopic (exact) mass is 268 g/mol. The lowest BCUT2D eigenvalue weighted by molar-refractivity contribution is 0.102. The average Bonchev–Trinajstić information content (AvgIpc) is 2.95. The molecule has 2 heterocycles. The van der Waals surface area contributed by atoms with Gasteiger partial charge in [-0.05, 0) is 37.1 Å². The number of aryl methyl sites for hydroxylation is 3. The summed E-state index contributed by atoms with van der Waals surface area (Å²) in [7, 11) is 1.81. The number of nitrogens with zero attached hydrogens (tertiary/aromatic N) is 2. The largest absolute Gasteiger partial charge is 0.351 e. The second-order valence-corrected chi connectivity index (χ2v) is 5.08. The van der Waals surface area contributed by atoms with E-state index in [1.54, 1.807) is 17.1 Å². The number of anilines is 1. The first-order valence-electron chi connectivity index (χ1n) is 6.43. The lowest BCUT2D eigenvalue weighted by Gasteiger charge is -1.98. The highest BCUT2D eigenvalue weighted by atomic mass is 16.1. The van der Waals surface area contributed by atoms with E-state index < -0.39 is 0 Å². The van der Waals surface area contributed by atoms with Gasteiger partial charge in [0.25, 0.3) is 5.91 Å². The zero-order valence-corrected chi connectivity index (χ0v) is 11.7. The maximum Gasteiger partial charge on any atom is 0.272 e. The number of rotatable bonds is 2. The fraction of sp³-hybridized carbons (Fsp3) is 0.200. The minimum absolute atomic E-state index is 0.161. The van der Waals surface area contributed by atoms with Crippen LogP contribution in [0.3, 0.4) is 0 Å². The van der Waals surface area contributed by atoms with Crippen molar-refractivity contribution in [3.05, 3.63) is 47.4 Å². The topological polar surface area (TPSA) is 62.7 Å². The Morgan fingerprint density at radius 3 is 2.80 bits per heavy atom. The molecule has 0 saturated heterocycles. The van der Waals surface area contributed by atoms with Crippen LogP contribution >= 0.6 is 0 Å². The van der Waals surface area contributed by atoms with Crippen molar-refractivity contribution in [1.82, 2.24) is 14.8 Å². The van der Waals surface area contributed by atoms with Crippen LogP contribution in [0.15, 0.2) is 30.6 Å². The molecule has 0 aliphatic rings. The fourth-order valence-electron chi connectivity index (χ4n) is 2.41. The molecule has 2 N–H and O–H groups in total. The summed E-state index contributed by atoms with van der Waals surface area (Å²) in [6.07, 6.45) is 3.38. The number of hydrogen-bond donors (Lipinski definition) is 2. The molecule has 0 spiro atoms. The third kappa shape index (κ3) is 2.18. The molecule has 0 saturated carbocycles. The first-order valence-corrected chi connectivity index (χ1v) is 6.43. The summed E-state index contributed by atoms with van der Waals surface area (Å²) < 4.78 is 1.65. The van der Waals surface area contributed by atoms with Crippen LogP contribution in [0.1, 0.15) is 21.6 Å². The molecule has 102 valence electrons. The summed E-state index contributed by atoms with van der Waals surface area (Å²) in [5.74, 6) is -0.161. The maximum atomic E-state index is 12.2. The molecule has 5 nitrogen and oxygen atoms in total. The highest BCUT2D eigenvalue weighted by Gasteiger charge is 2.12. The Balaban J connectivity index is 1.94. The molecule has 5 heteroatoms. The van der Waals surface area contributed by atoms with E-state index in [2.05, 4.69) is 21.5 Å². The molecule has 3 rings (SSSR count). The minimum atomic E-state index is -0.161. The molecule has 0 unspecified atom stereocenters. The molecule has 0 fully saturated rings. The van der Waals surface area contributed by atoms with Crippen LogP contribution in [0.4, 0.5) is 5.69 Å². The number of hydrogen-bond acceptors (Lipinski definition) is 2. The van der Waals surface area contributed by atoms with Crippen molar-refractivity contribution in [2.45, 2.75) is 13.8 Å². The van der Waals surface area contributed by atoms with E-state index in [9.17, 15) is 4.79 Å². The number of aromatic nitrogens is 3. The predicted molar refractivity (Wildman–Crippen MR) is 78.9 cm³/mol. The van der Waals surface area contributed by atoms with Crippen molar-refractivity contribution < 1.29 is 4.79 Å². The zero-order chi connectivity index (χ0) is 14.3. The number of amides is 1. The molecule has 0 atom stereocenters. The van der Waals surface area contributed by atoms with Crippen molar-refractivity contribution in [2.24, 2.45) is 7.05 Å². The van der Waals surface area contributed by atoms with Crippen LogP contribution in [0.5, 0.6) is 0 Å². The van der Waals surface area contributed by atoms with Gasteiger partial charge in [0.2, 0.25) is 0 Å². The fourth-order valence-corrected chi connectivity index (χ4v) is 2.41. The lowest BCUT2D eigenvalue weighted by Crippen LogP contribution is -2.11. The molecule has 2 aromatic heterocycles. The second-order valence-electron chi connectivity index (χ2n) is 5.08. The molecule has 0 bridgehead atoms. The van der Waals surface area contributed by atoms with Gasteiger partial charge in [0.1, 0.15) is 5.69 Å². The van der Waals surface area contributed by atoms with Gasteiger partial charge in [-0.15, -0.1) is 0 Å². The van der Waals surface area contributed by atoms with E-state index >= 15 is 0 Å². The number of benzene rings is 1. The van der Waals surface area contributed by atoms with E-state index in [0.29, 0.717) is 11.4 Å². The van der Waals surface area contributed by atoms with Gasteiger partial charge in [-0.25, -0.2) is 0 Å². The molecule has 1 amide bonds. The number of aromatic amines is 1. The molecule has 20 heavy (non-hydrogen) atoms. The highest BCUT2D eigenvalue weighted by Crippen LogP contribution is 2.22. The van der Waals surface area contributed by atoms with E-state index in [1.165, 1.54) is 5.56 Å². The summed E-state index contributed by atoms with van der Waals surface area (Å²) in [6, 6.07) is 6.04. The van der Waals surface area contributed by atoms with E-state index in [1.807, 2.05) is 33.0 Å². The summed E-state index contributed by atoms with van der Waals surface area (Å²) in [4.78, 5) is 15.4. The maximum absolute atomic E-state index is 12.2. The summed E-state index contributed by atoms with van der Waals surface area (Å²) in [6.45, 7) is 4.09. The van der Waals surface area contributed by atoms with Gasteiger partial charge < -0.3 is 10.3 Å². The van der Waals surface area contributed by atoms with Gasteiger partial charge in [0.15, 0.2) is 0 Å². The zero-order valence-electron chi connectivity index (χ0n) is 11.7. The first-order chi connectivity index (χ1) is 9.52. The second kappa shape index (κ2) is 4.52. The normalized spacial score (nSPS) is 10.9. The van der Waals surface area contributed by atoms with Gasteiger partial charge >= 0.3 is 0 Å². The number of fused-ring (bicyclic) bond motifs is 1. The van der Waals surface area contributed by atoms with Crippen molar-refractivity contribution >= 4 is 22.5 Å². The van der Waals surface area contributed by atoms with Crippen LogP contribution in [0, 0.1) is 13.8 Å². The van der Waals surface area contributed by atoms with Crippen LogP contribution < -0.4 is 5.32 Å². The predicted octanol–water partition coefficient (Wildman–Crippen LogP) is 2.77. The van der Waals surface area contributed by atoms with Crippen molar-refractivity contribution in [2.75, 3.05) is 5.32 Å². The van der Waals surface area contributed by atoms with Gasteiger partial charge in [0.05, 0.1) is 11.9 Å². The van der Waals surface area contributed by atoms with E-state index in [4.69, 9.17) is 0 Å². The summed E-state index contributed by atoms with van der Waals surface area (Å²) in [5, 5.41) is 7.92. The first kappa shape index (κ1) is 12.5. The van der Waals surface area contributed by atoms with E-state index in [0.717, 1.165) is 16.5 Å².